The minimum absolute atomic E-state index is 0.168. The average molecular weight is 482 g/mol. The van der Waals surface area contributed by atoms with E-state index in [1.54, 1.807) is 42.6 Å². The molecule has 0 aliphatic rings. The maximum atomic E-state index is 12.9. The van der Waals surface area contributed by atoms with E-state index in [2.05, 4.69) is 25.3 Å². The first-order valence-corrected chi connectivity index (χ1v) is 10.6. The van der Waals surface area contributed by atoms with Crippen molar-refractivity contribution in [2.45, 2.75) is 26.3 Å². The van der Waals surface area contributed by atoms with Gasteiger partial charge in [0.15, 0.2) is 0 Å². The molecular formula is C25H21F3N4O3. The molecule has 4 aromatic rings. The lowest BCUT2D eigenvalue weighted by Crippen LogP contribution is -2.17. The number of carbonyl (C=O) groups excluding carboxylic acids is 1. The highest BCUT2D eigenvalue weighted by atomic mass is 19.4. The van der Waals surface area contributed by atoms with Gasteiger partial charge in [-0.25, -0.2) is 4.98 Å². The van der Waals surface area contributed by atoms with Crippen molar-refractivity contribution >= 4 is 28.3 Å². The standard InChI is InChI=1S/C25H21F3N4O3/c1-15(2)30-24-29-13-12-22(32-24)34-19-10-11-20-16(14-19)4-3-5-21(20)23(33)31-17-6-8-18(9-7-17)35-25(26,27)28/h3-15H,1-2H3,(H,31,33)(H,29,30,32). The van der Waals surface area contributed by atoms with Gasteiger partial charge in [-0.2, -0.15) is 4.98 Å². The van der Waals surface area contributed by atoms with E-state index in [-0.39, 0.29) is 11.8 Å². The van der Waals surface area contributed by atoms with Crippen LogP contribution in [0.1, 0.15) is 24.2 Å². The Labute approximate surface area is 198 Å². The zero-order valence-corrected chi connectivity index (χ0v) is 18.8. The minimum atomic E-state index is -4.78. The molecule has 0 spiro atoms. The topological polar surface area (TPSA) is 85.4 Å². The van der Waals surface area contributed by atoms with Gasteiger partial charge in [-0.15, -0.1) is 13.2 Å². The third-order valence-electron chi connectivity index (χ3n) is 4.71. The van der Waals surface area contributed by atoms with Crippen molar-refractivity contribution in [2.24, 2.45) is 0 Å². The molecule has 0 unspecified atom stereocenters. The normalized spacial score (nSPS) is 11.4. The van der Waals surface area contributed by atoms with Crippen LogP contribution in [-0.2, 0) is 0 Å². The van der Waals surface area contributed by atoms with E-state index in [1.807, 2.05) is 19.9 Å². The first-order valence-electron chi connectivity index (χ1n) is 10.6. The lowest BCUT2D eigenvalue weighted by atomic mass is 10.0. The van der Waals surface area contributed by atoms with Crippen molar-refractivity contribution in [2.75, 3.05) is 10.6 Å². The van der Waals surface area contributed by atoms with Gasteiger partial charge in [0.1, 0.15) is 11.5 Å². The highest BCUT2D eigenvalue weighted by Crippen LogP contribution is 2.28. The Morgan fingerprint density at radius 3 is 2.43 bits per heavy atom. The van der Waals surface area contributed by atoms with Crippen LogP contribution in [0.4, 0.5) is 24.8 Å². The van der Waals surface area contributed by atoms with Crippen LogP contribution in [0.2, 0.25) is 0 Å². The first-order chi connectivity index (χ1) is 16.7. The van der Waals surface area contributed by atoms with E-state index in [0.717, 1.165) is 17.5 Å². The highest BCUT2D eigenvalue weighted by Gasteiger charge is 2.31. The molecule has 4 rings (SSSR count). The molecule has 0 saturated heterocycles. The molecule has 0 aliphatic heterocycles. The van der Waals surface area contributed by atoms with E-state index < -0.39 is 12.3 Å². The van der Waals surface area contributed by atoms with E-state index in [4.69, 9.17) is 4.74 Å². The zero-order chi connectivity index (χ0) is 25.0. The van der Waals surface area contributed by atoms with Crippen molar-refractivity contribution in [3.63, 3.8) is 0 Å². The van der Waals surface area contributed by atoms with Crippen molar-refractivity contribution < 1.29 is 27.4 Å². The molecule has 0 radical (unpaired) electrons. The van der Waals surface area contributed by atoms with Crippen LogP contribution < -0.4 is 20.1 Å². The van der Waals surface area contributed by atoms with Crippen molar-refractivity contribution in [1.29, 1.82) is 0 Å². The summed E-state index contributed by atoms with van der Waals surface area (Å²) >= 11 is 0. The number of halogens is 3. The lowest BCUT2D eigenvalue weighted by molar-refractivity contribution is -0.274. The molecule has 0 aliphatic carbocycles. The summed E-state index contributed by atoms with van der Waals surface area (Å²) in [5.74, 6) is 0.576. The fraction of sp³-hybridized carbons (Fsp3) is 0.160. The molecule has 0 atom stereocenters. The quantitative estimate of drug-likeness (QED) is 0.317. The van der Waals surface area contributed by atoms with Gasteiger partial charge in [0.25, 0.3) is 5.91 Å². The maximum absolute atomic E-state index is 12.9. The number of nitrogens with zero attached hydrogens (tertiary/aromatic N) is 2. The Morgan fingerprint density at radius 2 is 1.71 bits per heavy atom. The summed E-state index contributed by atoms with van der Waals surface area (Å²) < 4.78 is 46.7. The summed E-state index contributed by atoms with van der Waals surface area (Å²) in [4.78, 5) is 21.3. The fourth-order valence-electron chi connectivity index (χ4n) is 3.31. The van der Waals surface area contributed by atoms with E-state index >= 15 is 0 Å². The van der Waals surface area contributed by atoms with Crippen LogP contribution in [0.15, 0.2) is 72.9 Å². The van der Waals surface area contributed by atoms with Crippen molar-refractivity contribution in [1.82, 2.24) is 9.97 Å². The summed E-state index contributed by atoms with van der Waals surface area (Å²) in [6.45, 7) is 3.96. The number of carbonyl (C=O) groups is 1. The number of anilines is 2. The number of hydrogen-bond acceptors (Lipinski definition) is 6. The third kappa shape index (κ3) is 6.38. The Bertz CT molecular complexity index is 1340. The maximum Gasteiger partial charge on any atom is 0.573 e. The molecular weight excluding hydrogens is 461 g/mol. The van der Waals surface area contributed by atoms with Gasteiger partial charge in [-0.1, -0.05) is 12.1 Å². The Hall–Kier alpha value is -4.34. The molecule has 1 aromatic heterocycles. The summed E-state index contributed by atoms with van der Waals surface area (Å²) in [6, 6.07) is 17.2. The number of aromatic nitrogens is 2. The van der Waals surface area contributed by atoms with Crippen LogP contribution in [0, 0.1) is 0 Å². The van der Waals surface area contributed by atoms with Gasteiger partial charge < -0.3 is 20.1 Å². The van der Waals surface area contributed by atoms with Crippen LogP contribution in [0.25, 0.3) is 10.8 Å². The average Bonchev–Trinajstić information content (AvgIpc) is 2.78. The molecule has 1 amide bonds. The molecule has 35 heavy (non-hydrogen) atoms. The lowest BCUT2D eigenvalue weighted by Gasteiger charge is -2.12. The van der Waals surface area contributed by atoms with Crippen LogP contribution >= 0.6 is 0 Å². The zero-order valence-electron chi connectivity index (χ0n) is 18.8. The second-order valence-corrected chi connectivity index (χ2v) is 7.83. The van der Waals surface area contributed by atoms with Crippen molar-refractivity contribution in [3.05, 3.63) is 78.5 Å². The Balaban J connectivity index is 1.50. The van der Waals surface area contributed by atoms with Gasteiger partial charge in [-0.3, -0.25) is 4.79 Å². The highest BCUT2D eigenvalue weighted by molar-refractivity contribution is 6.13. The number of hydrogen-bond donors (Lipinski definition) is 2. The molecule has 0 saturated carbocycles. The minimum Gasteiger partial charge on any atom is -0.439 e. The first kappa shape index (κ1) is 23.8. The van der Waals surface area contributed by atoms with E-state index in [9.17, 15) is 18.0 Å². The number of alkyl halides is 3. The van der Waals surface area contributed by atoms with Gasteiger partial charge in [0, 0.05) is 29.6 Å². The number of nitrogens with one attached hydrogen (secondary N) is 2. The molecule has 1 heterocycles. The van der Waals surface area contributed by atoms with Crippen molar-refractivity contribution in [3.8, 4) is 17.4 Å². The number of benzene rings is 3. The van der Waals surface area contributed by atoms with E-state index in [0.29, 0.717) is 34.2 Å². The summed E-state index contributed by atoms with van der Waals surface area (Å²) in [5.41, 5.74) is 0.728. The Morgan fingerprint density at radius 1 is 0.971 bits per heavy atom. The van der Waals surface area contributed by atoms with Crippen LogP contribution in [-0.4, -0.2) is 28.3 Å². The summed E-state index contributed by atoms with van der Waals surface area (Å²) in [7, 11) is 0. The monoisotopic (exact) mass is 482 g/mol. The molecule has 2 N–H and O–H groups in total. The summed E-state index contributed by atoms with van der Waals surface area (Å²) in [5, 5.41) is 7.24. The van der Waals surface area contributed by atoms with Gasteiger partial charge in [0.2, 0.25) is 11.8 Å². The third-order valence-corrected chi connectivity index (χ3v) is 4.71. The summed E-state index contributed by atoms with van der Waals surface area (Å²) in [6.07, 6.45) is -3.19. The molecule has 7 nitrogen and oxygen atoms in total. The predicted octanol–water partition coefficient (Wildman–Crippen LogP) is 6.39. The Kier molecular flexibility index (Phi) is 6.72. The number of rotatable bonds is 7. The fourth-order valence-corrected chi connectivity index (χ4v) is 3.31. The van der Waals surface area contributed by atoms with Crippen LogP contribution in [0.3, 0.4) is 0 Å². The smallest absolute Gasteiger partial charge is 0.439 e. The number of fused-ring (bicyclic) bond motifs is 1. The molecule has 3 aromatic carbocycles. The van der Waals surface area contributed by atoms with Gasteiger partial charge in [-0.05, 0) is 73.2 Å². The molecule has 180 valence electrons. The SMILES string of the molecule is CC(C)Nc1nccc(Oc2ccc3c(C(=O)Nc4ccc(OC(F)(F)F)cc4)cccc3c2)n1. The molecule has 0 fully saturated rings. The van der Waals surface area contributed by atoms with E-state index in [1.165, 1.54) is 12.1 Å². The number of ether oxygens (including phenoxy) is 2. The second kappa shape index (κ2) is 9.88. The largest absolute Gasteiger partial charge is 0.573 e. The predicted molar refractivity (Wildman–Crippen MR) is 126 cm³/mol. The second-order valence-electron chi connectivity index (χ2n) is 7.83. The number of amides is 1. The molecule has 0 bridgehead atoms. The van der Waals surface area contributed by atoms with Gasteiger partial charge in [0.05, 0.1) is 0 Å². The van der Waals surface area contributed by atoms with Crippen LogP contribution in [0.5, 0.6) is 17.4 Å². The van der Waals surface area contributed by atoms with Gasteiger partial charge >= 0.3 is 6.36 Å². The molecule has 10 heteroatoms.